The van der Waals surface area contributed by atoms with Crippen LogP contribution in [0.1, 0.15) is 24.6 Å². The molecule has 130 valence electrons. The van der Waals surface area contributed by atoms with Crippen LogP contribution in [0.5, 0.6) is 0 Å². The molecule has 1 aromatic rings. The van der Waals surface area contributed by atoms with E-state index >= 15 is 0 Å². The van der Waals surface area contributed by atoms with E-state index in [0.29, 0.717) is 0 Å². The van der Waals surface area contributed by atoms with Gasteiger partial charge in [0.1, 0.15) is 6.54 Å². The van der Waals surface area contributed by atoms with Crippen molar-refractivity contribution in [3.05, 3.63) is 19.9 Å². The molecule has 0 atom stereocenters. The molecule has 0 saturated carbocycles. The van der Waals surface area contributed by atoms with E-state index in [4.69, 9.17) is 0 Å². The fraction of sp³-hybridized carbons (Fsp3) is 0.600. The van der Waals surface area contributed by atoms with Gasteiger partial charge in [-0.2, -0.15) is 0 Å². The summed E-state index contributed by atoms with van der Waals surface area (Å²) in [6.07, 6.45) is 3.21. The standard InChI is InChI=1S/C15H23IN4OS.HI/c1-2-17-15(18-8-7-12-5-6-13(16)22-12)19-11-14(21)20-9-3-4-10-20;/h5-6H,2-4,7-11H2,1H3,(H2,17,18,19);1H. The molecular formula is C15H24I2N4OS. The summed E-state index contributed by atoms with van der Waals surface area (Å²) < 4.78 is 1.31. The summed E-state index contributed by atoms with van der Waals surface area (Å²) in [4.78, 5) is 19.7. The maximum absolute atomic E-state index is 12.0. The lowest BCUT2D eigenvalue weighted by atomic mass is 10.3. The van der Waals surface area contributed by atoms with Crippen molar-refractivity contribution in [2.75, 3.05) is 32.7 Å². The molecular weight excluding hydrogens is 538 g/mol. The van der Waals surface area contributed by atoms with Gasteiger partial charge in [-0.3, -0.25) is 4.79 Å². The third-order valence-corrected chi connectivity index (χ3v) is 5.42. The van der Waals surface area contributed by atoms with Gasteiger partial charge in [0.2, 0.25) is 5.91 Å². The van der Waals surface area contributed by atoms with Gasteiger partial charge in [-0.1, -0.05) is 0 Å². The first kappa shape index (κ1) is 20.9. The predicted octanol–water partition coefficient (Wildman–Crippen LogP) is 2.69. The number of hydrogen-bond acceptors (Lipinski definition) is 3. The Bertz CT molecular complexity index is 515. The zero-order valence-electron chi connectivity index (χ0n) is 13.3. The number of carbonyl (C=O) groups excluding carboxylic acids is 1. The van der Waals surface area contributed by atoms with Crippen molar-refractivity contribution < 1.29 is 4.79 Å². The Morgan fingerprint density at radius 2 is 2.09 bits per heavy atom. The Kier molecular flexibility index (Phi) is 10.4. The van der Waals surface area contributed by atoms with E-state index in [1.54, 1.807) is 0 Å². The van der Waals surface area contributed by atoms with Crippen molar-refractivity contribution in [3.63, 3.8) is 0 Å². The van der Waals surface area contributed by atoms with Crippen LogP contribution in [0.25, 0.3) is 0 Å². The summed E-state index contributed by atoms with van der Waals surface area (Å²) in [5.41, 5.74) is 0. The van der Waals surface area contributed by atoms with Crippen LogP contribution in [-0.4, -0.2) is 49.5 Å². The zero-order valence-corrected chi connectivity index (χ0v) is 18.6. The molecule has 0 unspecified atom stereocenters. The van der Waals surface area contributed by atoms with Crippen LogP contribution in [0, 0.1) is 2.88 Å². The van der Waals surface area contributed by atoms with Gasteiger partial charge >= 0.3 is 0 Å². The summed E-state index contributed by atoms with van der Waals surface area (Å²) in [5, 5.41) is 6.49. The number of likely N-dealkylation sites (tertiary alicyclic amines) is 1. The summed E-state index contributed by atoms with van der Waals surface area (Å²) in [6, 6.07) is 4.30. The summed E-state index contributed by atoms with van der Waals surface area (Å²) in [5.74, 6) is 0.851. The number of rotatable bonds is 6. The van der Waals surface area contributed by atoms with Gasteiger partial charge in [-0.15, -0.1) is 35.3 Å². The van der Waals surface area contributed by atoms with E-state index in [9.17, 15) is 4.79 Å². The Balaban J connectivity index is 0.00000264. The summed E-state index contributed by atoms with van der Waals surface area (Å²) in [6.45, 7) is 5.64. The molecule has 1 amide bonds. The minimum Gasteiger partial charge on any atom is -0.357 e. The molecule has 1 aliphatic rings. The first-order valence-electron chi connectivity index (χ1n) is 7.73. The molecule has 0 radical (unpaired) electrons. The smallest absolute Gasteiger partial charge is 0.244 e. The number of thiophene rings is 1. The normalized spacial score (nSPS) is 14.5. The molecule has 1 aliphatic heterocycles. The second-order valence-corrected chi connectivity index (χ2v) is 8.23. The van der Waals surface area contributed by atoms with Crippen LogP contribution in [0.3, 0.4) is 0 Å². The number of hydrogen-bond donors (Lipinski definition) is 2. The molecule has 1 saturated heterocycles. The molecule has 1 aromatic heterocycles. The zero-order chi connectivity index (χ0) is 15.8. The maximum Gasteiger partial charge on any atom is 0.244 e. The van der Waals surface area contributed by atoms with Crippen molar-refractivity contribution in [2.45, 2.75) is 26.2 Å². The quantitative estimate of drug-likeness (QED) is 0.319. The van der Waals surface area contributed by atoms with Crippen molar-refractivity contribution in [1.29, 1.82) is 0 Å². The predicted molar refractivity (Wildman–Crippen MR) is 116 cm³/mol. The average Bonchev–Trinajstić information content (AvgIpc) is 3.16. The third kappa shape index (κ3) is 7.55. The molecule has 23 heavy (non-hydrogen) atoms. The van der Waals surface area contributed by atoms with Crippen LogP contribution in [0.4, 0.5) is 0 Å². The van der Waals surface area contributed by atoms with Gasteiger partial charge in [0.05, 0.1) is 2.88 Å². The highest BCUT2D eigenvalue weighted by Crippen LogP contribution is 2.18. The first-order chi connectivity index (χ1) is 10.7. The minimum absolute atomic E-state index is 0. The second kappa shape index (κ2) is 11.5. The van der Waals surface area contributed by atoms with E-state index in [1.165, 1.54) is 7.76 Å². The molecule has 8 heteroatoms. The monoisotopic (exact) mass is 562 g/mol. The van der Waals surface area contributed by atoms with E-state index < -0.39 is 0 Å². The Labute approximate surface area is 172 Å². The Hall–Kier alpha value is -0.1000. The van der Waals surface area contributed by atoms with Crippen molar-refractivity contribution in [1.82, 2.24) is 15.5 Å². The number of guanidine groups is 1. The van der Waals surface area contributed by atoms with Crippen molar-refractivity contribution in [2.24, 2.45) is 4.99 Å². The van der Waals surface area contributed by atoms with Gasteiger partial charge in [0.25, 0.3) is 0 Å². The van der Waals surface area contributed by atoms with E-state index in [1.807, 2.05) is 23.2 Å². The highest BCUT2D eigenvalue weighted by molar-refractivity contribution is 14.1. The molecule has 0 spiro atoms. The lowest BCUT2D eigenvalue weighted by Crippen LogP contribution is -2.39. The third-order valence-electron chi connectivity index (χ3n) is 3.47. The minimum atomic E-state index is 0. The number of halogens is 2. The topological polar surface area (TPSA) is 56.7 Å². The first-order valence-corrected chi connectivity index (χ1v) is 9.62. The molecule has 5 nitrogen and oxygen atoms in total. The summed E-state index contributed by atoms with van der Waals surface area (Å²) >= 11 is 4.15. The number of nitrogens with zero attached hydrogens (tertiary/aromatic N) is 2. The van der Waals surface area contributed by atoms with Gasteiger partial charge in [-0.25, -0.2) is 4.99 Å². The molecule has 2 heterocycles. The second-order valence-electron chi connectivity index (χ2n) is 5.17. The van der Waals surface area contributed by atoms with Crippen molar-refractivity contribution in [3.8, 4) is 0 Å². The van der Waals surface area contributed by atoms with Crippen LogP contribution in [0.2, 0.25) is 0 Å². The Morgan fingerprint density at radius 1 is 1.35 bits per heavy atom. The lowest BCUT2D eigenvalue weighted by Gasteiger charge is -2.15. The van der Waals surface area contributed by atoms with Gasteiger partial charge in [0.15, 0.2) is 5.96 Å². The SMILES string of the molecule is CCNC(=NCC(=O)N1CCCC1)NCCc1ccc(I)s1.I. The highest BCUT2D eigenvalue weighted by Gasteiger charge is 2.17. The number of aliphatic imine (C=N–C) groups is 1. The summed E-state index contributed by atoms with van der Waals surface area (Å²) in [7, 11) is 0. The van der Waals surface area contributed by atoms with Crippen LogP contribution in [-0.2, 0) is 11.2 Å². The average molecular weight is 562 g/mol. The molecule has 2 rings (SSSR count). The fourth-order valence-electron chi connectivity index (χ4n) is 2.35. The van der Waals surface area contributed by atoms with Gasteiger partial charge in [0, 0.05) is 31.1 Å². The van der Waals surface area contributed by atoms with Gasteiger partial charge < -0.3 is 15.5 Å². The molecule has 0 aliphatic carbocycles. The largest absolute Gasteiger partial charge is 0.357 e. The lowest BCUT2D eigenvalue weighted by molar-refractivity contribution is -0.128. The number of amides is 1. The molecule has 1 fully saturated rings. The molecule has 0 aromatic carbocycles. The molecule has 0 bridgehead atoms. The maximum atomic E-state index is 12.0. The Morgan fingerprint density at radius 3 is 2.70 bits per heavy atom. The number of carbonyl (C=O) groups is 1. The van der Waals surface area contributed by atoms with E-state index in [0.717, 1.165) is 51.4 Å². The highest BCUT2D eigenvalue weighted by atomic mass is 127. The van der Waals surface area contributed by atoms with Gasteiger partial charge in [-0.05, 0) is 60.9 Å². The van der Waals surface area contributed by atoms with E-state index in [-0.39, 0.29) is 36.4 Å². The van der Waals surface area contributed by atoms with Crippen molar-refractivity contribution >= 4 is 69.8 Å². The van der Waals surface area contributed by atoms with Crippen LogP contribution in [0.15, 0.2) is 17.1 Å². The van der Waals surface area contributed by atoms with Crippen LogP contribution >= 0.6 is 57.9 Å². The fourth-order valence-corrected chi connectivity index (χ4v) is 4.10. The molecule has 2 N–H and O–H groups in total. The van der Waals surface area contributed by atoms with Crippen LogP contribution < -0.4 is 10.6 Å². The van der Waals surface area contributed by atoms with E-state index in [2.05, 4.69) is 50.3 Å². The number of nitrogens with one attached hydrogen (secondary N) is 2.